The Morgan fingerprint density at radius 3 is 2.38 bits per heavy atom. The third-order valence-corrected chi connectivity index (χ3v) is 5.33. The summed E-state index contributed by atoms with van der Waals surface area (Å²) in [5.41, 5.74) is 1.77. The summed E-state index contributed by atoms with van der Waals surface area (Å²) in [5.74, 6) is 1.93. The Labute approximate surface area is 185 Å². The molecule has 32 heavy (non-hydrogen) atoms. The van der Waals surface area contributed by atoms with Gasteiger partial charge in [-0.15, -0.1) is 5.10 Å². The van der Waals surface area contributed by atoms with Crippen molar-refractivity contribution in [1.82, 2.24) is 25.3 Å². The number of ether oxygens (including phenoxy) is 4. The molecule has 1 N–H and O–H groups in total. The van der Waals surface area contributed by atoms with Crippen molar-refractivity contribution in [2.45, 2.75) is 18.9 Å². The summed E-state index contributed by atoms with van der Waals surface area (Å²) in [6.45, 7) is 1.17. The van der Waals surface area contributed by atoms with E-state index in [0.717, 1.165) is 18.4 Å². The number of hydrogen-bond donors (Lipinski definition) is 1. The van der Waals surface area contributed by atoms with Crippen molar-refractivity contribution >= 4 is 5.91 Å². The number of carbonyl (C=O) groups excluding carboxylic acids is 1. The van der Waals surface area contributed by atoms with E-state index in [4.69, 9.17) is 18.9 Å². The molecule has 10 nitrogen and oxygen atoms in total. The van der Waals surface area contributed by atoms with Crippen LogP contribution in [0.5, 0.6) is 23.1 Å². The average molecular weight is 439 g/mol. The number of H-pyrrole nitrogens is 1. The minimum atomic E-state index is -0.103. The predicted molar refractivity (Wildman–Crippen MR) is 115 cm³/mol. The maximum absolute atomic E-state index is 13.0. The van der Waals surface area contributed by atoms with Crippen LogP contribution in [-0.4, -0.2) is 71.7 Å². The van der Waals surface area contributed by atoms with Crippen molar-refractivity contribution in [2.75, 3.05) is 34.4 Å². The lowest BCUT2D eigenvalue weighted by Crippen LogP contribution is -2.42. The monoisotopic (exact) mass is 439 g/mol. The maximum Gasteiger partial charge on any atom is 0.271 e. The van der Waals surface area contributed by atoms with Crippen LogP contribution in [0.1, 0.15) is 23.3 Å². The third kappa shape index (κ3) is 4.43. The molecule has 0 spiro atoms. The predicted octanol–water partition coefficient (Wildman–Crippen LogP) is 2.58. The van der Waals surface area contributed by atoms with Crippen LogP contribution in [0, 0.1) is 0 Å². The first-order chi connectivity index (χ1) is 15.6. The minimum absolute atomic E-state index is 0.00677. The van der Waals surface area contributed by atoms with E-state index in [9.17, 15) is 4.79 Å². The second kappa shape index (κ2) is 9.54. The number of amides is 1. The smallest absolute Gasteiger partial charge is 0.271 e. The topological polar surface area (TPSA) is 112 Å². The molecule has 0 atom stereocenters. The van der Waals surface area contributed by atoms with Gasteiger partial charge in [-0.1, -0.05) is 0 Å². The fourth-order valence-corrected chi connectivity index (χ4v) is 3.68. The summed E-state index contributed by atoms with van der Waals surface area (Å²) in [7, 11) is 4.66. The van der Waals surface area contributed by atoms with Crippen molar-refractivity contribution < 1.29 is 23.7 Å². The summed E-state index contributed by atoms with van der Waals surface area (Å²) in [5, 5.41) is 14.9. The molecule has 4 rings (SSSR count). The van der Waals surface area contributed by atoms with Crippen LogP contribution in [0.25, 0.3) is 11.3 Å². The van der Waals surface area contributed by atoms with Gasteiger partial charge >= 0.3 is 0 Å². The molecule has 0 aliphatic carbocycles. The Hall–Kier alpha value is -3.82. The molecule has 0 radical (unpaired) electrons. The molecule has 1 saturated heterocycles. The van der Waals surface area contributed by atoms with Crippen LogP contribution in [0.15, 0.2) is 36.5 Å². The number of benzene rings is 1. The zero-order chi connectivity index (χ0) is 22.5. The molecule has 0 saturated carbocycles. The van der Waals surface area contributed by atoms with Crippen molar-refractivity contribution in [3.63, 3.8) is 0 Å². The summed E-state index contributed by atoms with van der Waals surface area (Å²) in [6, 6.07) is 8.87. The molecule has 1 aromatic carbocycles. The fourth-order valence-electron chi connectivity index (χ4n) is 3.68. The highest BCUT2D eigenvalue weighted by Gasteiger charge is 2.26. The first-order valence-corrected chi connectivity index (χ1v) is 10.2. The lowest BCUT2D eigenvalue weighted by atomic mass is 10.1. The highest BCUT2D eigenvalue weighted by Crippen LogP contribution is 2.40. The van der Waals surface area contributed by atoms with E-state index in [2.05, 4.69) is 20.4 Å². The average Bonchev–Trinajstić information content (AvgIpc) is 3.34. The molecule has 1 aliphatic rings. The van der Waals surface area contributed by atoms with Gasteiger partial charge < -0.3 is 23.8 Å². The van der Waals surface area contributed by atoms with E-state index in [1.165, 1.54) is 0 Å². The van der Waals surface area contributed by atoms with Gasteiger partial charge in [-0.05, 0) is 24.3 Å². The molecular weight excluding hydrogens is 414 g/mol. The number of hydrogen-bond acceptors (Lipinski definition) is 8. The van der Waals surface area contributed by atoms with Gasteiger partial charge in [-0.2, -0.15) is 10.2 Å². The first kappa shape index (κ1) is 21.4. The number of piperidine rings is 1. The van der Waals surface area contributed by atoms with Gasteiger partial charge in [0, 0.05) is 43.8 Å². The van der Waals surface area contributed by atoms with Gasteiger partial charge in [0.1, 0.15) is 11.8 Å². The summed E-state index contributed by atoms with van der Waals surface area (Å²) in [4.78, 5) is 14.8. The molecule has 10 heteroatoms. The van der Waals surface area contributed by atoms with Gasteiger partial charge in [0.2, 0.25) is 11.6 Å². The number of carbonyl (C=O) groups is 1. The van der Waals surface area contributed by atoms with Crippen LogP contribution in [-0.2, 0) is 0 Å². The normalized spacial score (nSPS) is 14.2. The number of aromatic amines is 1. The molecule has 3 heterocycles. The van der Waals surface area contributed by atoms with Crippen molar-refractivity contribution in [1.29, 1.82) is 0 Å². The van der Waals surface area contributed by atoms with Crippen molar-refractivity contribution in [3.8, 4) is 34.4 Å². The molecule has 2 aromatic heterocycles. The van der Waals surface area contributed by atoms with Gasteiger partial charge in [0.05, 0.1) is 27.0 Å². The van der Waals surface area contributed by atoms with E-state index in [-0.39, 0.29) is 12.0 Å². The maximum atomic E-state index is 13.0. The third-order valence-electron chi connectivity index (χ3n) is 5.33. The first-order valence-electron chi connectivity index (χ1n) is 10.2. The zero-order valence-electron chi connectivity index (χ0n) is 18.2. The molecule has 1 amide bonds. The van der Waals surface area contributed by atoms with Crippen molar-refractivity contribution in [2.24, 2.45) is 0 Å². The van der Waals surface area contributed by atoms with Crippen molar-refractivity contribution in [3.05, 3.63) is 42.2 Å². The lowest BCUT2D eigenvalue weighted by molar-refractivity contribution is 0.0580. The molecular formula is C22H25N5O5. The highest BCUT2D eigenvalue weighted by molar-refractivity contribution is 5.93. The van der Waals surface area contributed by atoms with Crippen LogP contribution >= 0.6 is 0 Å². The van der Waals surface area contributed by atoms with Gasteiger partial charge in [-0.25, -0.2) is 0 Å². The Kier molecular flexibility index (Phi) is 6.39. The standard InChI is InChI=1S/C22H25N5O5/c1-29-18-11-14(12-19(30-2)21(18)31-3)16-13-17(25-24-16)22(28)27-9-6-15(7-10-27)32-20-5-4-8-23-26-20/h4-5,8,11-13,15H,6-7,9-10H2,1-3H3,(H,24,25). The molecule has 1 fully saturated rings. The van der Waals surface area contributed by atoms with Crippen LogP contribution in [0.3, 0.4) is 0 Å². The largest absolute Gasteiger partial charge is 0.493 e. The Morgan fingerprint density at radius 1 is 1.06 bits per heavy atom. The van der Waals surface area contributed by atoms with Gasteiger partial charge in [-0.3, -0.25) is 9.89 Å². The molecule has 1 aliphatic heterocycles. The second-order valence-electron chi connectivity index (χ2n) is 7.25. The van der Waals surface area contributed by atoms with Gasteiger partial charge in [0.25, 0.3) is 5.91 Å². The van der Waals surface area contributed by atoms with E-state index >= 15 is 0 Å². The molecule has 168 valence electrons. The van der Waals surface area contributed by atoms with Crippen LogP contribution < -0.4 is 18.9 Å². The van der Waals surface area contributed by atoms with Gasteiger partial charge in [0.15, 0.2) is 11.5 Å². The van der Waals surface area contributed by atoms with Crippen LogP contribution in [0.2, 0.25) is 0 Å². The quantitative estimate of drug-likeness (QED) is 0.598. The highest BCUT2D eigenvalue weighted by atomic mass is 16.5. The number of methoxy groups -OCH3 is 3. The zero-order valence-corrected chi connectivity index (χ0v) is 18.2. The SMILES string of the molecule is COc1cc(-c2cc(C(=O)N3CCC(Oc4cccnn4)CC3)[nH]n2)cc(OC)c1OC. The molecule has 3 aromatic rings. The van der Waals surface area contributed by atoms with E-state index in [0.29, 0.717) is 47.6 Å². The number of rotatable bonds is 7. The van der Waals surface area contributed by atoms with E-state index < -0.39 is 0 Å². The summed E-state index contributed by atoms with van der Waals surface area (Å²) >= 11 is 0. The lowest BCUT2D eigenvalue weighted by Gasteiger charge is -2.31. The Morgan fingerprint density at radius 2 is 1.78 bits per heavy atom. The number of nitrogens with one attached hydrogen (secondary N) is 1. The second-order valence-corrected chi connectivity index (χ2v) is 7.25. The molecule has 0 bridgehead atoms. The number of likely N-dealkylation sites (tertiary alicyclic amines) is 1. The van der Waals surface area contributed by atoms with E-state index in [1.54, 1.807) is 62.8 Å². The summed E-state index contributed by atoms with van der Waals surface area (Å²) < 4.78 is 22.0. The minimum Gasteiger partial charge on any atom is -0.493 e. The summed E-state index contributed by atoms with van der Waals surface area (Å²) in [6.07, 6.45) is 3.05. The Balaban J connectivity index is 1.43. The Bertz CT molecular complexity index is 1040. The number of nitrogens with zero attached hydrogens (tertiary/aromatic N) is 4. The van der Waals surface area contributed by atoms with E-state index in [1.807, 2.05) is 0 Å². The van der Waals surface area contributed by atoms with Crippen LogP contribution in [0.4, 0.5) is 0 Å². The fraction of sp³-hybridized carbons (Fsp3) is 0.364. The molecule has 0 unspecified atom stereocenters. The number of aromatic nitrogens is 4.